The van der Waals surface area contributed by atoms with Crippen molar-refractivity contribution in [3.63, 3.8) is 0 Å². The number of rotatable bonds is 2. The zero-order valence-electron chi connectivity index (χ0n) is 12.2. The molecule has 0 spiro atoms. The van der Waals surface area contributed by atoms with E-state index in [4.69, 9.17) is 11.6 Å². The van der Waals surface area contributed by atoms with Gasteiger partial charge < -0.3 is 4.90 Å². The van der Waals surface area contributed by atoms with E-state index in [-0.39, 0.29) is 0 Å². The minimum absolute atomic E-state index is 0.446. The Kier molecular flexibility index (Phi) is 4.77. The van der Waals surface area contributed by atoms with Crippen LogP contribution in [0, 0.1) is 0 Å². The molecule has 0 saturated carbocycles. The lowest BCUT2D eigenvalue weighted by Gasteiger charge is -2.31. The maximum absolute atomic E-state index is 6.23. The van der Waals surface area contributed by atoms with E-state index in [0.717, 1.165) is 19.4 Å². The number of aromatic nitrogens is 2. The Bertz CT molecular complexity index is 449. The van der Waals surface area contributed by atoms with Gasteiger partial charge in [-0.1, -0.05) is 19.3 Å². The van der Waals surface area contributed by atoms with E-state index in [1.165, 1.54) is 62.0 Å². The molecule has 0 bridgehead atoms. The highest BCUT2D eigenvalue weighted by molar-refractivity contribution is 6.18. The molecule has 1 aromatic heterocycles. The predicted molar refractivity (Wildman–Crippen MR) is 83.6 cm³/mol. The number of anilines is 1. The summed E-state index contributed by atoms with van der Waals surface area (Å²) in [7, 11) is 0. The van der Waals surface area contributed by atoms with Gasteiger partial charge in [0.05, 0.1) is 0 Å². The van der Waals surface area contributed by atoms with Gasteiger partial charge in [0, 0.05) is 29.7 Å². The summed E-state index contributed by atoms with van der Waals surface area (Å²) in [5.41, 5.74) is 2.69. The van der Waals surface area contributed by atoms with Crippen LogP contribution in [0.15, 0.2) is 6.33 Å². The molecule has 0 N–H and O–H groups in total. The normalized spacial score (nSPS) is 23.9. The van der Waals surface area contributed by atoms with Gasteiger partial charge in [0.2, 0.25) is 0 Å². The summed E-state index contributed by atoms with van der Waals surface area (Å²) in [6.45, 7) is 1.10. The quantitative estimate of drug-likeness (QED) is 0.614. The summed E-state index contributed by atoms with van der Waals surface area (Å²) >= 11 is 6.23. The lowest BCUT2D eigenvalue weighted by molar-refractivity contribution is 0.612. The van der Waals surface area contributed by atoms with Crippen LogP contribution >= 0.6 is 11.6 Å². The minimum Gasteiger partial charge on any atom is -0.352 e. The Balaban J connectivity index is 1.95. The number of fused-ring (bicyclic) bond motifs is 1. The maximum atomic E-state index is 6.23. The lowest BCUT2D eigenvalue weighted by atomic mass is 10.1. The molecule has 0 amide bonds. The molecule has 1 aromatic rings. The molecule has 2 aliphatic rings. The number of nitrogens with zero attached hydrogens (tertiary/aromatic N) is 3. The van der Waals surface area contributed by atoms with Crippen LogP contribution in [0.1, 0.15) is 56.2 Å². The van der Waals surface area contributed by atoms with E-state index in [1.807, 2.05) is 0 Å². The van der Waals surface area contributed by atoms with Crippen LogP contribution in [0.2, 0.25) is 0 Å². The van der Waals surface area contributed by atoms with Crippen molar-refractivity contribution in [1.29, 1.82) is 0 Å². The van der Waals surface area contributed by atoms with E-state index in [2.05, 4.69) is 14.9 Å². The summed E-state index contributed by atoms with van der Waals surface area (Å²) in [6, 6.07) is 0.446. The van der Waals surface area contributed by atoms with Gasteiger partial charge in [-0.05, 0) is 38.5 Å². The standard InChI is InChI=1S/C16H24ClN3/c17-11-13-7-3-2-6-10-20(13)16-14-8-4-1-5-9-15(14)18-12-19-16/h12-13H,1-11H2. The molecule has 1 atom stereocenters. The van der Waals surface area contributed by atoms with Crippen LogP contribution in [0.4, 0.5) is 5.82 Å². The molecule has 1 aliphatic heterocycles. The first-order valence-electron chi connectivity index (χ1n) is 8.05. The lowest BCUT2D eigenvalue weighted by Crippen LogP contribution is -2.37. The smallest absolute Gasteiger partial charge is 0.135 e. The van der Waals surface area contributed by atoms with Gasteiger partial charge >= 0.3 is 0 Å². The fraction of sp³-hybridized carbons (Fsp3) is 0.750. The van der Waals surface area contributed by atoms with Crippen molar-refractivity contribution < 1.29 is 0 Å². The van der Waals surface area contributed by atoms with Crippen LogP contribution in [0.3, 0.4) is 0 Å². The molecular formula is C16H24ClN3. The fourth-order valence-corrected chi connectivity index (χ4v) is 3.87. The third-order valence-electron chi connectivity index (χ3n) is 4.68. The molecule has 2 heterocycles. The third-order valence-corrected chi connectivity index (χ3v) is 5.04. The highest BCUT2D eigenvalue weighted by Gasteiger charge is 2.25. The molecule has 1 fully saturated rings. The SMILES string of the molecule is ClCC1CCCCCN1c1ncnc2c1CCCCC2. The Morgan fingerprint density at radius 2 is 1.90 bits per heavy atom. The van der Waals surface area contributed by atoms with Gasteiger partial charge in [-0.2, -0.15) is 0 Å². The number of aryl methyl sites for hydroxylation is 1. The third kappa shape index (κ3) is 2.93. The second kappa shape index (κ2) is 6.75. The van der Waals surface area contributed by atoms with E-state index in [0.29, 0.717) is 11.9 Å². The summed E-state index contributed by atoms with van der Waals surface area (Å²) < 4.78 is 0. The van der Waals surface area contributed by atoms with Gasteiger partial charge in [-0.25, -0.2) is 9.97 Å². The molecular weight excluding hydrogens is 270 g/mol. The van der Waals surface area contributed by atoms with Crippen LogP contribution in [-0.2, 0) is 12.8 Å². The molecule has 0 aromatic carbocycles. The Morgan fingerprint density at radius 1 is 1.05 bits per heavy atom. The average molecular weight is 294 g/mol. The van der Waals surface area contributed by atoms with Gasteiger partial charge in [0.25, 0.3) is 0 Å². The molecule has 20 heavy (non-hydrogen) atoms. The molecule has 3 nitrogen and oxygen atoms in total. The Morgan fingerprint density at radius 3 is 2.80 bits per heavy atom. The van der Waals surface area contributed by atoms with Crippen molar-refractivity contribution >= 4 is 17.4 Å². The molecule has 1 unspecified atom stereocenters. The zero-order chi connectivity index (χ0) is 13.8. The van der Waals surface area contributed by atoms with Crippen molar-refractivity contribution in [3.8, 4) is 0 Å². The number of hydrogen-bond donors (Lipinski definition) is 0. The number of hydrogen-bond acceptors (Lipinski definition) is 3. The van der Waals surface area contributed by atoms with E-state index < -0.39 is 0 Å². The second-order valence-electron chi connectivity index (χ2n) is 6.03. The van der Waals surface area contributed by atoms with Crippen molar-refractivity contribution in [3.05, 3.63) is 17.6 Å². The van der Waals surface area contributed by atoms with E-state index >= 15 is 0 Å². The first-order chi connectivity index (χ1) is 9.90. The van der Waals surface area contributed by atoms with Crippen LogP contribution in [0.5, 0.6) is 0 Å². The second-order valence-corrected chi connectivity index (χ2v) is 6.34. The minimum atomic E-state index is 0.446. The summed E-state index contributed by atoms with van der Waals surface area (Å²) in [4.78, 5) is 11.7. The average Bonchev–Trinajstić information content (AvgIpc) is 2.86. The first-order valence-corrected chi connectivity index (χ1v) is 8.59. The Hall–Kier alpha value is -0.830. The van der Waals surface area contributed by atoms with Gasteiger partial charge in [-0.3, -0.25) is 0 Å². The van der Waals surface area contributed by atoms with E-state index in [1.54, 1.807) is 6.33 Å². The van der Waals surface area contributed by atoms with Crippen molar-refractivity contribution in [1.82, 2.24) is 9.97 Å². The number of alkyl halides is 1. The summed E-state index contributed by atoms with van der Waals surface area (Å²) in [5, 5.41) is 0. The highest BCUT2D eigenvalue weighted by atomic mass is 35.5. The summed E-state index contributed by atoms with van der Waals surface area (Å²) in [6.07, 6.45) is 12.9. The fourth-order valence-electron chi connectivity index (χ4n) is 3.54. The van der Waals surface area contributed by atoms with Gasteiger partial charge in [-0.15, -0.1) is 11.6 Å². The maximum Gasteiger partial charge on any atom is 0.135 e. The Labute approximate surface area is 126 Å². The van der Waals surface area contributed by atoms with Gasteiger partial charge in [0.15, 0.2) is 0 Å². The molecule has 3 rings (SSSR count). The molecule has 0 radical (unpaired) electrons. The summed E-state index contributed by atoms with van der Waals surface area (Å²) in [5.74, 6) is 1.89. The molecule has 110 valence electrons. The van der Waals surface area contributed by atoms with Crippen molar-refractivity contribution in [2.24, 2.45) is 0 Å². The first kappa shape index (κ1) is 14.1. The zero-order valence-corrected chi connectivity index (χ0v) is 12.9. The van der Waals surface area contributed by atoms with Crippen LogP contribution in [-0.4, -0.2) is 28.4 Å². The largest absolute Gasteiger partial charge is 0.352 e. The monoisotopic (exact) mass is 293 g/mol. The topological polar surface area (TPSA) is 29.0 Å². The molecule has 1 saturated heterocycles. The van der Waals surface area contributed by atoms with Crippen molar-refractivity contribution in [2.45, 2.75) is 63.8 Å². The van der Waals surface area contributed by atoms with E-state index in [9.17, 15) is 0 Å². The highest BCUT2D eigenvalue weighted by Crippen LogP contribution is 2.30. The predicted octanol–water partition coefficient (Wildman–Crippen LogP) is 3.73. The number of halogens is 1. The molecule has 4 heteroatoms. The molecule has 1 aliphatic carbocycles. The van der Waals surface area contributed by atoms with Crippen LogP contribution in [0.25, 0.3) is 0 Å². The van der Waals surface area contributed by atoms with Crippen molar-refractivity contribution in [2.75, 3.05) is 17.3 Å². The van der Waals surface area contributed by atoms with Crippen LogP contribution < -0.4 is 4.90 Å². The van der Waals surface area contributed by atoms with Gasteiger partial charge in [0.1, 0.15) is 12.1 Å².